The third-order valence-corrected chi connectivity index (χ3v) is 4.39. The normalized spacial score (nSPS) is 32.1. The van der Waals surface area contributed by atoms with E-state index in [2.05, 4.69) is 5.32 Å². The summed E-state index contributed by atoms with van der Waals surface area (Å²) in [6, 6.07) is 4.32. The number of hydrogen-bond donors (Lipinski definition) is 2. The summed E-state index contributed by atoms with van der Waals surface area (Å²) < 4.78 is 5.72. The molecule has 0 amide bonds. The third kappa shape index (κ3) is 2.24. The highest BCUT2D eigenvalue weighted by atomic mass is 35.5. The van der Waals surface area contributed by atoms with E-state index in [1.807, 2.05) is 0 Å². The molecule has 3 rings (SSSR count). The van der Waals surface area contributed by atoms with Crippen molar-refractivity contribution in [2.45, 2.75) is 31.0 Å². The molecule has 4 unspecified atom stereocenters. The van der Waals surface area contributed by atoms with Gasteiger partial charge in [0.1, 0.15) is 5.69 Å². The standard InChI is InChI=1S/C13H16ClN3O3/c14-7-3-4-10(17(18)19)9(6-7)16-12-11(15)8-2-1-5-20-13(8)12/h3-4,6,8,11-13,16H,1-2,5,15H2. The number of rotatable bonds is 3. The van der Waals surface area contributed by atoms with Crippen LogP contribution in [0.4, 0.5) is 11.4 Å². The van der Waals surface area contributed by atoms with Gasteiger partial charge >= 0.3 is 0 Å². The van der Waals surface area contributed by atoms with Crippen molar-refractivity contribution < 1.29 is 9.66 Å². The molecular weight excluding hydrogens is 282 g/mol. The van der Waals surface area contributed by atoms with Gasteiger partial charge in [0.05, 0.1) is 17.1 Å². The maximum Gasteiger partial charge on any atom is 0.292 e. The molecule has 0 aromatic heterocycles. The molecule has 6 nitrogen and oxygen atoms in total. The molecular formula is C13H16ClN3O3. The van der Waals surface area contributed by atoms with Crippen molar-refractivity contribution in [3.05, 3.63) is 33.3 Å². The van der Waals surface area contributed by atoms with Gasteiger partial charge in [-0.3, -0.25) is 10.1 Å². The average molecular weight is 298 g/mol. The maximum atomic E-state index is 11.0. The Kier molecular flexibility index (Phi) is 3.54. The zero-order chi connectivity index (χ0) is 14.3. The van der Waals surface area contributed by atoms with Gasteiger partial charge < -0.3 is 15.8 Å². The van der Waals surface area contributed by atoms with Crippen LogP contribution in [0.25, 0.3) is 0 Å². The highest BCUT2D eigenvalue weighted by Crippen LogP contribution is 2.40. The van der Waals surface area contributed by atoms with E-state index >= 15 is 0 Å². The fourth-order valence-electron chi connectivity index (χ4n) is 3.09. The second-order valence-electron chi connectivity index (χ2n) is 5.31. The lowest BCUT2D eigenvalue weighted by atomic mass is 9.68. The van der Waals surface area contributed by atoms with Crippen molar-refractivity contribution in [1.29, 1.82) is 0 Å². The first-order valence-electron chi connectivity index (χ1n) is 6.65. The molecule has 1 aliphatic carbocycles. The Morgan fingerprint density at radius 1 is 1.50 bits per heavy atom. The lowest BCUT2D eigenvalue weighted by Crippen LogP contribution is -2.69. The number of nitrogens with one attached hydrogen (secondary N) is 1. The van der Waals surface area contributed by atoms with E-state index in [0.29, 0.717) is 16.6 Å². The van der Waals surface area contributed by atoms with Gasteiger partial charge in [-0.1, -0.05) is 11.6 Å². The fraction of sp³-hybridized carbons (Fsp3) is 0.538. The van der Waals surface area contributed by atoms with Crippen LogP contribution in [0.1, 0.15) is 12.8 Å². The van der Waals surface area contributed by atoms with Gasteiger partial charge in [0, 0.05) is 29.7 Å². The van der Waals surface area contributed by atoms with E-state index in [-0.39, 0.29) is 23.9 Å². The fourth-order valence-corrected chi connectivity index (χ4v) is 3.26. The van der Waals surface area contributed by atoms with Gasteiger partial charge in [0.15, 0.2) is 0 Å². The van der Waals surface area contributed by atoms with Crippen molar-refractivity contribution >= 4 is 23.0 Å². The monoisotopic (exact) mass is 297 g/mol. The first-order chi connectivity index (χ1) is 9.58. The molecule has 1 aromatic carbocycles. The van der Waals surface area contributed by atoms with E-state index in [4.69, 9.17) is 22.1 Å². The van der Waals surface area contributed by atoms with Crippen LogP contribution < -0.4 is 11.1 Å². The van der Waals surface area contributed by atoms with Crippen molar-refractivity contribution in [1.82, 2.24) is 0 Å². The molecule has 0 radical (unpaired) electrons. The van der Waals surface area contributed by atoms with Crippen molar-refractivity contribution in [2.75, 3.05) is 11.9 Å². The van der Waals surface area contributed by atoms with Crippen LogP contribution in [0.5, 0.6) is 0 Å². The number of hydrogen-bond acceptors (Lipinski definition) is 5. The molecule has 4 atom stereocenters. The molecule has 1 heterocycles. The number of nitro benzene ring substituents is 1. The molecule has 108 valence electrons. The Hall–Kier alpha value is -1.37. The Morgan fingerprint density at radius 2 is 2.30 bits per heavy atom. The second kappa shape index (κ2) is 5.20. The van der Waals surface area contributed by atoms with Gasteiger partial charge in [0.2, 0.25) is 0 Å². The van der Waals surface area contributed by atoms with Gasteiger partial charge in [-0.05, 0) is 25.0 Å². The number of benzene rings is 1. The smallest absolute Gasteiger partial charge is 0.292 e. The summed E-state index contributed by atoms with van der Waals surface area (Å²) in [6.45, 7) is 0.726. The number of fused-ring (bicyclic) bond motifs is 1. The predicted octanol–water partition coefficient (Wildman–Crippen LogP) is 2.16. The van der Waals surface area contributed by atoms with E-state index in [1.54, 1.807) is 6.07 Å². The number of halogens is 1. The minimum atomic E-state index is -0.429. The van der Waals surface area contributed by atoms with Crippen molar-refractivity contribution in [3.8, 4) is 0 Å². The summed E-state index contributed by atoms with van der Waals surface area (Å²) in [7, 11) is 0. The minimum Gasteiger partial charge on any atom is -0.376 e. The third-order valence-electron chi connectivity index (χ3n) is 4.15. The molecule has 20 heavy (non-hydrogen) atoms. The zero-order valence-electron chi connectivity index (χ0n) is 10.8. The quantitative estimate of drug-likeness (QED) is 0.659. The average Bonchev–Trinajstić information content (AvgIpc) is 2.44. The molecule has 1 aromatic rings. The van der Waals surface area contributed by atoms with Crippen LogP contribution in [0.2, 0.25) is 5.02 Å². The summed E-state index contributed by atoms with van der Waals surface area (Å²) in [6.07, 6.45) is 2.12. The molecule has 7 heteroatoms. The highest BCUT2D eigenvalue weighted by Gasteiger charge is 2.50. The van der Waals surface area contributed by atoms with Crippen LogP contribution in [0, 0.1) is 16.0 Å². The number of nitrogens with two attached hydrogens (primary N) is 1. The van der Waals surface area contributed by atoms with Crippen LogP contribution in [0.3, 0.4) is 0 Å². The lowest BCUT2D eigenvalue weighted by molar-refractivity contribution is -0.384. The van der Waals surface area contributed by atoms with Crippen LogP contribution in [-0.4, -0.2) is 29.7 Å². The second-order valence-corrected chi connectivity index (χ2v) is 5.74. The highest BCUT2D eigenvalue weighted by molar-refractivity contribution is 6.31. The van der Waals surface area contributed by atoms with Crippen LogP contribution in [0.15, 0.2) is 18.2 Å². The Labute approximate surface area is 121 Å². The first kappa shape index (κ1) is 13.6. The predicted molar refractivity (Wildman–Crippen MR) is 76.0 cm³/mol. The Morgan fingerprint density at radius 3 is 3.05 bits per heavy atom. The minimum absolute atomic E-state index is 0.000796. The van der Waals surface area contributed by atoms with E-state index < -0.39 is 4.92 Å². The van der Waals surface area contributed by atoms with Crippen LogP contribution in [-0.2, 0) is 4.74 Å². The van der Waals surface area contributed by atoms with Gasteiger partial charge in [-0.15, -0.1) is 0 Å². The molecule has 1 saturated heterocycles. The Balaban J connectivity index is 1.81. The number of nitro groups is 1. The molecule has 0 spiro atoms. The summed E-state index contributed by atoms with van der Waals surface area (Å²) in [5, 5.41) is 14.6. The maximum absolute atomic E-state index is 11.0. The summed E-state index contributed by atoms with van der Waals surface area (Å²) in [5.74, 6) is 0.347. The van der Waals surface area contributed by atoms with Crippen LogP contribution >= 0.6 is 11.6 Å². The van der Waals surface area contributed by atoms with E-state index in [1.165, 1.54) is 12.1 Å². The first-order valence-corrected chi connectivity index (χ1v) is 7.03. The molecule has 2 fully saturated rings. The zero-order valence-corrected chi connectivity index (χ0v) is 11.5. The van der Waals surface area contributed by atoms with Gasteiger partial charge in [0.25, 0.3) is 5.69 Å². The largest absolute Gasteiger partial charge is 0.376 e. The van der Waals surface area contributed by atoms with Gasteiger partial charge in [-0.25, -0.2) is 0 Å². The number of nitrogens with zero attached hydrogens (tertiary/aromatic N) is 1. The van der Waals surface area contributed by atoms with Gasteiger partial charge in [-0.2, -0.15) is 0 Å². The lowest BCUT2D eigenvalue weighted by Gasteiger charge is -2.52. The van der Waals surface area contributed by atoms with E-state index in [0.717, 1.165) is 19.4 Å². The Bertz CT molecular complexity index is 540. The summed E-state index contributed by atoms with van der Waals surface area (Å²) in [5.41, 5.74) is 6.54. The number of anilines is 1. The summed E-state index contributed by atoms with van der Waals surface area (Å²) in [4.78, 5) is 10.6. The molecule has 2 aliphatic rings. The SMILES string of the molecule is NC1C2CCCOC2C1Nc1cc(Cl)ccc1[N+](=O)[O-]. The molecule has 1 aliphatic heterocycles. The number of ether oxygens (including phenoxy) is 1. The van der Waals surface area contributed by atoms with E-state index in [9.17, 15) is 10.1 Å². The molecule has 0 bridgehead atoms. The summed E-state index contributed by atoms with van der Waals surface area (Å²) >= 11 is 5.91. The molecule has 1 saturated carbocycles. The van der Waals surface area contributed by atoms with Crippen molar-refractivity contribution in [3.63, 3.8) is 0 Å². The molecule has 3 N–H and O–H groups in total. The van der Waals surface area contributed by atoms with Crippen molar-refractivity contribution in [2.24, 2.45) is 11.7 Å². The topological polar surface area (TPSA) is 90.4 Å².